The highest BCUT2D eigenvalue weighted by molar-refractivity contribution is 5.72. The zero-order chi connectivity index (χ0) is 25.7. The number of nitrogens with zero attached hydrogens (tertiary/aromatic N) is 6. The molecule has 0 radical (unpaired) electrons. The molecule has 5 rings (SSSR count). The number of nitrogen functional groups attached to an aromatic ring is 1. The van der Waals surface area contributed by atoms with Gasteiger partial charge in [0.1, 0.15) is 34.6 Å². The molecule has 10 heteroatoms. The SMILES string of the molecule is CC(C)(C)OC(=O)N1CCC2(CC(n3nc(-c4cnn(Cc5cccc(F)c5)c4)c(C#N)c3N)C2)C1. The fourth-order valence-corrected chi connectivity index (χ4v) is 5.30. The van der Waals surface area contributed by atoms with Gasteiger partial charge in [0.2, 0.25) is 0 Å². The van der Waals surface area contributed by atoms with Crippen LogP contribution in [0.2, 0.25) is 0 Å². The molecular weight excluding hydrogens is 461 g/mol. The number of hydrogen-bond acceptors (Lipinski definition) is 6. The summed E-state index contributed by atoms with van der Waals surface area (Å²) in [6, 6.07) is 8.61. The highest BCUT2D eigenvalue weighted by Crippen LogP contribution is 2.54. The number of anilines is 1. The average Bonchev–Trinajstić information content (AvgIpc) is 3.48. The molecule has 0 unspecified atom stereocenters. The van der Waals surface area contributed by atoms with Crippen molar-refractivity contribution in [1.29, 1.82) is 5.26 Å². The highest BCUT2D eigenvalue weighted by Gasteiger charge is 2.51. The van der Waals surface area contributed by atoms with Gasteiger partial charge >= 0.3 is 6.09 Å². The highest BCUT2D eigenvalue weighted by atomic mass is 19.1. The normalized spacial score (nSPS) is 21.4. The monoisotopic (exact) mass is 491 g/mol. The maximum atomic E-state index is 13.5. The van der Waals surface area contributed by atoms with Crippen molar-refractivity contribution in [3.05, 3.63) is 53.6 Å². The van der Waals surface area contributed by atoms with Gasteiger partial charge in [0.05, 0.1) is 18.8 Å². The van der Waals surface area contributed by atoms with Gasteiger partial charge < -0.3 is 15.4 Å². The van der Waals surface area contributed by atoms with Crippen molar-refractivity contribution in [2.45, 2.75) is 58.2 Å². The first-order chi connectivity index (χ1) is 17.1. The first-order valence-electron chi connectivity index (χ1n) is 12.1. The van der Waals surface area contributed by atoms with E-state index in [2.05, 4.69) is 11.2 Å². The molecule has 1 spiro atoms. The van der Waals surface area contributed by atoms with Gasteiger partial charge in [-0.05, 0) is 63.1 Å². The molecule has 1 saturated carbocycles. The number of halogens is 1. The quantitative estimate of drug-likeness (QED) is 0.580. The number of rotatable bonds is 4. The van der Waals surface area contributed by atoms with E-state index in [-0.39, 0.29) is 23.4 Å². The van der Waals surface area contributed by atoms with Crippen molar-refractivity contribution in [3.63, 3.8) is 0 Å². The smallest absolute Gasteiger partial charge is 0.410 e. The molecule has 2 fully saturated rings. The third kappa shape index (κ3) is 4.53. The second kappa shape index (κ2) is 8.66. The third-order valence-corrected chi connectivity index (χ3v) is 6.97. The Morgan fingerprint density at radius 2 is 2.14 bits per heavy atom. The molecule has 0 bridgehead atoms. The Balaban J connectivity index is 1.29. The third-order valence-electron chi connectivity index (χ3n) is 6.97. The molecule has 2 N–H and O–H groups in total. The number of carbonyl (C=O) groups excluding carboxylic acids is 1. The first kappa shape index (κ1) is 23.9. The first-order valence-corrected chi connectivity index (χ1v) is 12.1. The summed E-state index contributed by atoms with van der Waals surface area (Å²) in [6.07, 6.45) is 5.74. The van der Waals surface area contributed by atoms with E-state index in [1.54, 1.807) is 32.7 Å². The Labute approximate surface area is 209 Å². The molecule has 2 aromatic heterocycles. The summed E-state index contributed by atoms with van der Waals surface area (Å²) in [5.74, 6) is 0.0418. The summed E-state index contributed by atoms with van der Waals surface area (Å²) >= 11 is 0. The van der Waals surface area contributed by atoms with Gasteiger partial charge in [-0.2, -0.15) is 15.5 Å². The molecule has 1 amide bonds. The van der Waals surface area contributed by atoms with Crippen LogP contribution in [-0.4, -0.2) is 49.2 Å². The minimum absolute atomic E-state index is 0.0305. The van der Waals surface area contributed by atoms with E-state index in [1.165, 1.54) is 12.1 Å². The van der Waals surface area contributed by atoms with E-state index in [9.17, 15) is 14.4 Å². The molecule has 3 aromatic rings. The van der Waals surface area contributed by atoms with Crippen LogP contribution in [0.1, 0.15) is 57.2 Å². The number of nitriles is 1. The summed E-state index contributed by atoms with van der Waals surface area (Å²) < 4.78 is 22.5. The molecule has 36 heavy (non-hydrogen) atoms. The van der Waals surface area contributed by atoms with E-state index in [0.29, 0.717) is 42.3 Å². The van der Waals surface area contributed by atoms with E-state index >= 15 is 0 Å². The summed E-state index contributed by atoms with van der Waals surface area (Å²) in [6.45, 7) is 7.33. The van der Waals surface area contributed by atoms with Crippen LogP contribution in [0.3, 0.4) is 0 Å². The number of benzene rings is 1. The Hall–Kier alpha value is -3.87. The van der Waals surface area contributed by atoms with Gasteiger partial charge in [-0.3, -0.25) is 4.68 Å². The molecule has 1 saturated heterocycles. The second-order valence-corrected chi connectivity index (χ2v) is 10.9. The van der Waals surface area contributed by atoms with Crippen molar-refractivity contribution in [2.24, 2.45) is 5.41 Å². The fraction of sp³-hybridized carbons (Fsp3) is 0.462. The summed E-state index contributed by atoms with van der Waals surface area (Å²) in [5.41, 5.74) is 8.15. The van der Waals surface area contributed by atoms with Gasteiger partial charge in [0.15, 0.2) is 0 Å². The zero-order valence-electron chi connectivity index (χ0n) is 20.7. The zero-order valence-corrected chi connectivity index (χ0v) is 20.7. The lowest BCUT2D eigenvalue weighted by atomic mass is 9.65. The number of carbonyl (C=O) groups is 1. The molecule has 3 heterocycles. The Bertz CT molecular complexity index is 1340. The Morgan fingerprint density at radius 1 is 1.36 bits per heavy atom. The molecule has 188 valence electrons. The lowest BCUT2D eigenvalue weighted by Crippen LogP contribution is -2.43. The number of aromatic nitrogens is 4. The minimum Gasteiger partial charge on any atom is -0.444 e. The molecule has 1 aromatic carbocycles. The van der Waals surface area contributed by atoms with Gasteiger partial charge in [-0.25, -0.2) is 13.9 Å². The maximum absolute atomic E-state index is 13.5. The summed E-state index contributed by atoms with van der Waals surface area (Å²) in [5, 5.41) is 18.9. The van der Waals surface area contributed by atoms with Gasteiger partial charge in [-0.15, -0.1) is 0 Å². The number of likely N-dealkylation sites (tertiary alicyclic amines) is 1. The molecular formula is C26H30FN7O2. The Morgan fingerprint density at radius 3 is 2.83 bits per heavy atom. The van der Waals surface area contributed by atoms with Crippen molar-refractivity contribution >= 4 is 11.9 Å². The molecule has 1 aliphatic heterocycles. The standard InChI is InChI=1S/C26H30FN7O2/c1-25(2,3)36-24(35)32-8-7-26(16-32)10-20(11-26)34-23(29)21(12-28)22(31-34)18-13-30-33(15-18)14-17-5-4-6-19(27)9-17/h4-6,9,13,15,20H,7-8,10-11,14,16,29H2,1-3H3. The molecule has 2 aliphatic rings. The van der Waals surface area contributed by atoms with Crippen LogP contribution in [0, 0.1) is 22.6 Å². The topological polar surface area (TPSA) is 115 Å². The second-order valence-electron chi connectivity index (χ2n) is 10.9. The van der Waals surface area contributed by atoms with E-state index in [1.807, 2.05) is 26.8 Å². The lowest BCUT2D eigenvalue weighted by Gasteiger charge is -2.45. The van der Waals surface area contributed by atoms with Crippen molar-refractivity contribution in [3.8, 4) is 17.3 Å². The number of ether oxygens (including phenoxy) is 1. The number of nitrogens with two attached hydrogens (primary N) is 1. The molecule has 9 nitrogen and oxygen atoms in total. The number of hydrogen-bond donors (Lipinski definition) is 1. The van der Waals surface area contributed by atoms with Crippen molar-refractivity contribution in [1.82, 2.24) is 24.5 Å². The molecule has 1 aliphatic carbocycles. The van der Waals surface area contributed by atoms with E-state index in [0.717, 1.165) is 24.8 Å². The van der Waals surface area contributed by atoms with Crippen LogP contribution in [0.25, 0.3) is 11.3 Å². The lowest BCUT2D eigenvalue weighted by molar-refractivity contribution is 0.0188. The summed E-state index contributed by atoms with van der Waals surface area (Å²) in [7, 11) is 0. The predicted molar refractivity (Wildman–Crippen MR) is 131 cm³/mol. The van der Waals surface area contributed by atoms with Crippen LogP contribution in [0.4, 0.5) is 15.0 Å². The van der Waals surface area contributed by atoms with Gasteiger partial charge in [0.25, 0.3) is 0 Å². The van der Waals surface area contributed by atoms with Crippen LogP contribution >= 0.6 is 0 Å². The van der Waals surface area contributed by atoms with E-state index < -0.39 is 5.60 Å². The Kier molecular flexibility index (Phi) is 5.74. The van der Waals surface area contributed by atoms with Crippen LogP contribution in [0.15, 0.2) is 36.7 Å². The predicted octanol–water partition coefficient (Wildman–Crippen LogP) is 4.35. The van der Waals surface area contributed by atoms with Crippen LogP contribution in [0.5, 0.6) is 0 Å². The largest absolute Gasteiger partial charge is 0.444 e. The van der Waals surface area contributed by atoms with E-state index in [4.69, 9.17) is 15.6 Å². The van der Waals surface area contributed by atoms with Gasteiger partial charge in [-0.1, -0.05) is 12.1 Å². The summed E-state index contributed by atoms with van der Waals surface area (Å²) in [4.78, 5) is 14.3. The molecule has 0 atom stereocenters. The van der Waals surface area contributed by atoms with Crippen molar-refractivity contribution in [2.75, 3.05) is 18.8 Å². The minimum atomic E-state index is -0.520. The number of amides is 1. The van der Waals surface area contributed by atoms with Gasteiger partial charge in [0, 0.05) is 24.8 Å². The van der Waals surface area contributed by atoms with Crippen LogP contribution < -0.4 is 5.73 Å². The maximum Gasteiger partial charge on any atom is 0.410 e. The van der Waals surface area contributed by atoms with Crippen molar-refractivity contribution < 1.29 is 13.9 Å². The average molecular weight is 492 g/mol. The fourth-order valence-electron chi connectivity index (χ4n) is 5.30. The van der Waals surface area contributed by atoms with Crippen LogP contribution in [-0.2, 0) is 11.3 Å².